The first-order valence-corrected chi connectivity index (χ1v) is 17.2. The Morgan fingerprint density at radius 3 is 2.57 bits per heavy atom. The van der Waals surface area contributed by atoms with Crippen LogP contribution in [0.25, 0.3) is 5.65 Å². The zero-order chi connectivity index (χ0) is 34.9. The molecule has 5 heterocycles. The number of nitrogens with zero attached hydrogens (tertiary/aromatic N) is 6. The SMILES string of the molecule is C[C@@H]1CN(CC(=O)N2CC(C)(C)c3c2cc(Cc2ccc(F)cc2)c2nn(CC4(O)CC(F)(F)C4)c(=O)n32)[C@@H](CN2CCOC[C@H]2C)CN1. The fraction of sp³-hybridized carbons (Fsp3) is 0.629. The van der Waals surface area contributed by atoms with Crippen LogP contribution in [-0.2, 0) is 27.9 Å². The maximum atomic E-state index is 14.4. The number of ether oxygens (including phenoxy) is 1. The van der Waals surface area contributed by atoms with E-state index in [0.29, 0.717) is 54.9 Å². The number of morpholine rings is 1. The van der Waals surface area contributed by atoms with E-state index in [-0.39, 0.29) is 43.3 Å². The van der Waals surface area contributed by atoms with Gasteiger partial charge in [-0.05, 0) is 37.6 Å². The highest BCUT2D eigenvalue weighted by atomic mass is 19.3. The van der Waals surface area contributed by atoms with Gasteiger partial charge in [0.2, 0.25) is 5.91 Å². The van der Waals surface area contributed by atoms with E-state index in [0.717, 1.165) is 29.9 Å². The molecule has 1 aliphatic carbocycles. The van der Waals surface area contributed by atoms with E-state index in [1.165, 1.54) is 16.5 Å². The summed E-state index contributed by atoms with van der Waals surface area (Å²) >= 11 is 0. The van der Waals surface area contributed by atoms with Crippen molar-refractivity contribution in [1.82, 2.24) is 29.3 Å². The first-order chi connectivity index (χ1) is 23.1. The minimum absolute atomic E-state index is 0.0838. The lowest BCUT2D eigenvalue weighted by Gasteiger charge is -2.43. The van der Waals surface area contributed by atoms with Gasteiger partial charge in [0.25, 0.3) is 5.92 Å². The Bertz CT molecular complexity index is 1780. The van der Waals surface area contributed by atoms with Crippen LogP contribution < -0.4 is 15.9 Å². The molecule has 3 aliphatic heterocycles. The summed E-state index contributed by atoms with van der Waals surface area (Å²) in [5.41, 5.74) is -0.0569. The van der Waals surface area contributed by atoms with E-state index in [1.54, 1.807) is 17.0 Å². The van der Waals surface area contributed by atoms with E-state index in [9.17, 15) is 27.9 Å². The lowest BCUT2D eigenvalue weighted by molar-refractivity contribution is -0.211. The largest absolute Gasteiger partial charge is 0.387 e. The standard InChI is InChI=1S/C35H46F3N7O4/c1-22-14-42(27(13-39-22)15-41-9-10-49-17-23(41)2)16-29(46)43-20-33(3,4)30-28(43)12-25(11-24-5-7-26(36)8-6-24)31-40-44(32(47)45(30)31)21-34(48)18-35(37,38)19-34/h5-8,12,22-23,27,39,48H,9-11,13-21H2,1-4H3/t22-,23-,27-/m1/s1. The third-order valence-electron chi connectivity index (χ3n) is 10.6. The summed E-state index contributed by atoms with van der Waals surface area (Å²) in [6, 6.07) is 8.54. The molecule has 7 rings (SSSR count). The number of amides is 1. The van der Waals surface area contributed by atoms with Gasteiger partial charge in [0.05, 0.1) is 43.3 Å². The van der Waals surface area contributed by atoms with Crippen LogP contribution in [-0.4, -0.2) is 117 Å². The minimum atomic E-state index is -2.99. The Labute approximate surface area is 283 Å². The molecular weight excluding hydrogens is 639 g/mol. The average molecular weight is 686 g/mol. The molecule has 0 bridgehead atoms. The quantitative estimate of drug-likeness (QED) is 0.373. The fourth-order valence-corrected chi connectivity index (χ4v) is 8.19. The molecule has 2 N–H and O–H groups in total. The van der Waals surface area contributed by atoms with Crippen LogP contribution in [0.15, 0.2) is 35.1 Å². The van der Waals surface area contributed by atoms with Crippen molar-refractivity contribution in [2.75, 3.05) is 57.4 Å². The molecule has 11 nitrogen and oxygen atoms in total. The predicted octanol–water partition coefficient (Wildman–Crippen LogP) is 2.39. The van der Waals surface area contributed by atoms with Gasteiger partial charge in [0, 0.05) is 81.1 Å². The number of anilines is 1. The monoisotopic (exact) mass is 685 g/mol. The van der Waals surface area contributed by atoms with Gasteiger partial charge in [0.1, 0.15) is 5.82 Å². The van der Waals surface area contributed by atoms with Crippen LogP contribution in [0.2, 0.25) is 0 Å². The Hall–Kier alpha value is -3.30. The lowest BCUT2D eigenvalue weighted by Crippen LogP contribution is -2.62. The average Bonchev–Trinajstić information content (AvgIpc) is 3.47. The van der Waals surface area contributed by atoms with Crippen LogP contribution in [0.1, 0.15) is 57.4 Å². The van der Waals surface area contributed by atoms with Crippen molar-refractivity contribution in [2.45, 2.75) is 88.6 Å². The number of nitrogens with one attached hydrogen (secondary N) is 1. The van der Waals surface area contributed by atoms with E-state index in [4.69, 9.17) is 4.74 Å². The number of hydrogen-bond acceptors (Lipinski definition) is 8. The summed E-state index contributed by atoms with van der Waals surface area (Å²) in [6.45, 7) is 12.9. The summed E-state index contributed by atoms with van der Waals surface area (Å²) in [5, 5.41) is 19.0. The zero-order valence-corrected chi connectivity index (χ0v) is 28.6. The van der Waals surface area contributed by atoms with Crippen LogP contribution in [0.4, 0.5) is 18.9 Å². The van der Waals surface area contributed by atoms with Crippen LogP contribution in [0.3, 0.4) is 0 Å². The van der Waals surface area contributed by atoms with Gasteiger partial charge in [-0.3, -0.25) is 14.6 Å². The number of aromatic nitrogens is 3. The number of fused-ring (bicyclic) bond motifs is 3. The number of piperazine rings is 1. The van der Waals surface area contributed by atoms with Gasteiger partial charge in [-0.25, -0.2) is 27.0 Å². The number of benzene rings is 1. The number of rotatable bonds is 8. The molecule has 3 atom stereocenters. The van der Waals surface area contributed by atoms with Gasteiger partial charge >= 0.3 is 5.69 Å². The smallest absolute Gasteiger partial charge is 0.350 e. The second kappa shape index (κ2) is 12.5. The first-order valence-electron chi connectivity index (χ1n) is 17.2. The van der Waals surface area contributed by atoms with Crippen molar-refractivity contribution in [2.24, 2.45) is 0 Å². The molecule has 1 aromatic carbocycles. The normalized spacial score (nSPS) is 26.5. The van der Waals surface area contributed by atoms with Crippen molar-refractivity contribution < 1.29 is 27.8 Å². The summed E-state index contributed by atoms with van der Waals surface area (Å²) < 4.78 is 49.5. The number of pyridine rings is 1. The summed E-state index contributed by atoms with van der Waals surface area (Å²) in [7, 11) is 0. The molecule has 0 radical (unpaired) electrons. The highest BCUT2D eigenvalue weighted by Crippen LogP contribution is 2.46. The van der Waals surface area contributed by atoms with Crippen molar-refractivity contribution in [1.29, 1.82) is 0 Å². The predicted molar refractivity (Wildman–Crippen MR) is 178 cm³/mol. The Morgan fingerprint density at radius 1 is 1.14 bits per heavy atom. The Balaban J connectivity index is 1.24. The van der Waals surface area contributed by atoms with Crippen LogP contribution in [0.5, 0.6) is 0 Å². The zero-order valence-electron chi connectivity index (χ0n) is 28.6. The summed E-state index contributed by atoms with van der Waals surface area (Å²) in [4.78, 5) is 34.9. The number of carbonyl (C=O) groups excluding carboxylic acids is 1. The third kappa shape index (κ3) is 6.65. The van der Waals surface area contributed by atoms with E-state index >= 15 is 0 Å². The number of carbonyl (C=O) groups is 1. The van der Waals surface area contributed by atoms with Crippen molar-refractivity contribution in [3.63, 3.8) is 0 Å². The van der Waals surface area contributed by atoms with Gasteiger partial charge in [-0.15, -0.1) is 5.10 Å². The molecular formula is C35H46F3N7O4. The number of alkyl halides is 2. The molecule has 14 heteroatoms. The second-order valence-corrected chi connectivity index (χ2v) is 15.4. The molecule has 3 aromatic rings. The summed E-state index contributed by atoms with van der Waals surface area (Å²) in [5.74, 6) is -3.45. The number of aliphatic hydroxyl groups is 1. The molecule has 0 spiro atoms. The topological polar surface area (TPSA) is 108 Å². The highest BCUT2D eigenvalue weighted by molar-refractivity contribution is 5.98. The lowest BCUT2D eigenvalue weighted by atomic mass is 9.76. The van der Waals surface area contributed by atoms with Crippen molar-refractivity contribution in [3.8, 4) is 0 Å². The number of hydrogen-bond donors (Lipinski definition) is 2. The fourth-order valence-electron chi connectivity index (χ4n) is 8.19. The minimum Gasteiger partial charge on any atom is -0.387 e. The molecule has 266 valence electrons. The molecule has 49 heavy (non-hydrogen) atoms. The van der Waals surface area contributed by atoms with Gasteiger partial charge in [-0.2, -0.15) is 0 Å². The van der Waals surface area contributed by atoms with Crippen LogP contribution >= 0.6 is 0 Å². The molecule has 2 aromatic heterocycles. The Morgan fingerprint density at radius 2 is 1.88 bits per heavy atom. The van der Waals surface area contributed by atoms with Crippen molar-refractivity contribution >= 4 is 17.2 Å². The molecule has 1 amide bonds. The second-order valence-electron chi connectivity index (χ2n) is 15.4. The molecule has 2 saturated heterocycles. The summed E-state index contributed by atoms with van der Waals surface area (Å²) in [6.07, 6.45) is -1.21. The van der Waals surface area contributed by atoms with E-state index in [2.05, 4.69) is 34.1 Å². The Kier molecular flexibility index (Phi) is 8.70. The maximum Gasteiger partial charge on any atom is 0.350 e. The van der Waals surface area contributed by atoms with Crippen molar-refractivity contribution in [3.05, 3.63) is 63.5 Å². The van der Waals surface area contributed by atoms with Crippen LogP contribution in [0, 0.1) is 5.82 Å². The third-order valence-corrected chi connectivity index (χ3v) is 10.6. The highest BCUT2D eigenvalue weighted by Gasteiger charge is 2.56. The maximum absolute atomic E-state index is 14.4. The van der Waals surface area contributed by atoms with E-state index in [1.807, 2.05) is 19.9 Å². The van der Waals surface area contributed by atoms with Gasteiger partial charge in [0.15, 0.2) is 5.65 Å². The molecule has 0 unspecified atom stereocenters. The first kappa shape index (κ1) is 34.2. The molecule has 4 aliphatic rings. The molecule has 3 fully saturated rings. The molecule has 1 saturated carbocycles. The van der Waals surface area contributed by atoms with Gasteiger partial charge < -0.3 is 20.1 Å². The van der Waals surface area contributed by atoms with Gasteiger partial charge in [-0.1, -0.05) is 26.0 Å². The number of halogens is 3. The van der Waals surface area contributed by atoms with E-state index < -0.39 is 35.5 Å².